The van der Waals surface area contributed by atoms with Gasteiger partial charge in [0.2, 0.25) is 0 Å². The lowest BCUT2D eigenvalue weighted by Crippen LogP contribution is -2.48. The van der Waals surface area contributed by atoms with Crippen LogP contribution in [0.15, 0.2) is 11.6 Å². The molecular weight excluding hydrogens is 232 g/mol. The van der Waals surface area contributed by atoms with Crippen LogP contribution in [0.3, 0.4) is 0 Å². The molecule has 102 valence electrons. The first-order valence-corrected chi connectivity index (χ1v) is 6.34. The van der Waals surface area contributed by atoms with E-state index in [0.717, 1.165) is 6.42 Å². The summed E-state index contributed by atoms with van der Waals surface area (Å²) in [5.74, 6) is -0.872. The smallest absolute Gasteiger partial charge is 0.320 e. The number of carboxylic acid groups (broad SMARTS) is 1. The van der Waals surface area contributed by atoms with Crippen molar-refractivity contribution in [1.29, 1.82) is 0 Å². The molecule has 5 nitrogen and oxygen atoms in total. The summed E-state index contributed by atoms with van der Waals surface area (Å²) in [5, 5.41) is 8.72. The highest BCUT2D eigenvalue weighted by Crippen LogP contribution is 2.13. The number of nitrogens with zero attached hydrogens (tertiary/aromatic N) is 2. The van der Waals surface area contributed by atoms with Gasteiger partial charge >= 0.3 is 12.0 Å². The molecule has 1 N–H and O–H groups in total. The van der Waals surface area contributed by atoms with Gasteiger partial charge < -0.3 is 14.9 Å². The van der Waals surface area contributed by atoms with Crippen molar-refractivity contribution in [2.45, 2.75) is 39.7 Å². The van der Waals surface area contributed by atoms with E-state index in [4.69, 9.17) is 5.11 Å². The zero-order valence-electron chi connectivity index (χ0n) is 11.3. The Hall–Kier alpha value is -1.52. The number of hydrogen-bond acceptors (Lipinski definition) is 2. The van der Waals surface area contributed by atoms with Crippen LogP contribution in [0, 0.1) is 0 Å². The second-order valence-corrected chi connectivity index (χ2v) is 4.97. The Kier molecular flexibility index (Phi) is 5.19. The highest BCUT2D eigenvalue weighted by atomic mass is 16.4. The Balaban J connectivity index is 2.64. The molecule has 0 bridgehead atoms. The van der Waals surface area contributed by atoms with Gasteiger partial charge in [0.05, 0.1) is 6.42 Å². The summed E-state index contributed by atoms with van der Waals surface area (Å²) in [6, 6.07) is -0.0400. The summed E-state index contributed by atoms with van der Waals surface area (Å²) in [5.41, 5.74) is 1.19. The average molecular weight is 254 g/mol. The van der Waals surface area contributed by atoms with Gasteiger partial charge in [0.15, 0.2) is 0 Å². The van der Waals surface area contributed by atoms with E-state index in [9.17, 15) is 9.59 Å². The van der Waals surface area contributed by atoms with Crippen LogP contribution in [0.5, 0.6) is 0 Å². The maximum Gasteiger partial charge on any atom is 0.320 e. The van der Waals surface area contributed by atoms with E-state index < -0.39 is 5.97 Å². The fourth-order valence-electron chi connectivity index (χ4n) is 2.05. The largest absolute Gasteiger partial charge is 0.481 e. The minimum atomic E-state index is -0.872. The summed E-state index contributed by atoms with van der Waals surface area (Å²) in [7, 11) is 0. The number of carbonyl (C=O) groups excluding carboxylic acids is 1. The zero-order valence-corrected chi connectivity index (χ0v) is 11.3. The van der Waals surface area contributed by atoms with Gasteiger partial charge in [-0.1, -0.05) is 11.6 Å². The Bertz CT molecular complexity index is 350. The maximum absolute atomic E-state index is 12.3. The molecule has 2 amide bonds. The summed E-state index contributed by atoms with van der Waals surface area (Å²) in [6.07, 6.45) is 3.01. The molecule has 1 heterocycles. The third kappa shape index (κ3) is 4.05. The molecule has 1 aliphatic rings. The van der Waals surface area contributed by atoms with E-state index in [2.05, 4.69) is 6.08 Å². The van der Waals surface area contributed by atoms with Gasteiger partial charge in [-0.3, -0.25) is 4.79 Å². The van der Waals surface area contributed by atoms with Gasteiger partial charge in [-0.15, -0.1) is 0 Å². The van der Waals surface area contributed by atoms with Crippen molar-refractivity contribution in [3.05, 3.63) is 11.6 Å². The van der Waals surface area contributed by atoms with E-state index in [1.807, 2.05) is 20.8 Å². The van der Waals surface area contributed by atoms with Crippen LogP contribution < -0.4 is 0 Å². The fourth-order valence-corrected chi connectivity index (χ4v) is 2.05. The van der Waals surface area contributed by atoms with Gasteiger partial charge in [0.1, 0.15) is 0 Å². The number of carboxylic acids is 1. The van der Waals surface area contributed by atoms with Gasteiger partial charge in [-0.05, 0) is 27.2 Å². The van der Waals surface area contributed by atoms with Gasteiger partial charge in [-0.25, -0.2) is 4.79 Å². The van der Waals surface area contributed by atoms with Crippen molar-refractivity contribution in [1.82, 2.24) is 9.80 Å². The SMILES string of the molecule is CC1=CCCN(C(=O)N(CCC(=O)O)C(C)C)C1. The first-order chi connectivity index (χ1) is 8.41. The monoisotopic (exact) mass is 254 g/mol. The number of rotatable bonds is 4. The van der Waals surface area contributed by atoms with E-state index in [1.165, 1.54) is 5.57 Å². The number of carbonyl (C=O) groups is 2. The molecule has 0 saturated heterocycles. The molecule has 0 atom stereocenters. The molecule has 5 heteroatoms. The van der Waals surface area contributed by atoms with Crippen LogP contribution in [0.1, 0.15) is 33.6 Å². The van der Waals surface area contributed by atoms with Crippen molar-refractivity contribution in [2.24, 2.45) is 0 Å². The van der Waals surface area contributed by atoms with E-state index in [1.54, 1.807) is 9.80 Å². The van der Waals surface area contributed by atoms with Crippen LogP contribution >= 0.6 is 0 Å². The van der Waals surface area contributed by atoms with Crippen LogP contribution in [0.25, 0.3) is 0 Å². The zero-order chi connectivity index (χ0) is 13.7. The van der Waals surface area contributed by atoms with Crippen LogP contribution in [-0.2, 0) is 4.79 Å². The summed E-state index contributed by atoms with van der Waals surface area (Å²) in [6.45, 7) is 7.46. The topological polar surface area (TPSA) is 60.9 Å². The second kappa shape index (κ2) is 6.42. The molecule has 0 aromatic rings. The lowest BCUT2D eigenvalue weighted by molar-refractivity contribution is -0.137. The minimum absolute atomic E-state index is 0.00736. The standard InChI is InChI=1S/C13H22N2O3/c1-10(2)15(8-6-12(16)17)13(18)14-7-4-5-11(3)9-14/h5,10H,4,6-9H2,1-3H3,(H,16,17). The average Bonchev–Trinajstić information content (AvgIpc) is 2.28. The molecule has 0 spiro atoms. The Morgan fingerprint density at radius 3 is 2.67 bits per heavy atom. The molecule has 0 fully saturated rings. The molecule has 0 aromatic carbocycles. The van der Waals surface area contributed by atoms with Gasteiger partial charge in [-0.2, -0.15) is 0 Å². The third-order valence-electron chi connectivity index (χ3n) is 3.04. The van der Waals surface area contributed by atoms with Crippen LogP contribution in [-0.4, -0.2) is 52.6 Å². The minimum Gasteiger partial charge on any atom is -0.481 e. The Morgan fingerprint density at radius 2 is 2.17 bits per heavy atom. The first-order valence-electron chi connectivity index (χ1n) is 6.34. The van der Waals surface area contributed by atoms with Crippen molar-refractivity contribution in [3.63, 3.8) is 0 Å². The molecular formula is C13H22N2O3. The maximum atomic E-state index is 12.3. The summed E-state index contributed by atoms with van der Waals surface area (Å²) >= 11 is 0. The molecule has 18 heavy (non-hydrogen) atoms. The van der Waals surface area contributed by atoms with E-state index >= 15 is 0 Å². The highest BCUT2D eigenvalue weighted by Gasteiger charge is 2.24. The molecule has 0 radical (unpaired) electrons. The number of hydrogen-bond donors (Lipinski definition) is 1. The third-order valence-corrected chi connectivity index (χ3v) is 3.04. The molecule has 1 aliphatic heterocycles. The number of amides is 2. The Labute approximate surface area is 108 Å². The molecule has 0 aromatic heterocycles. The highest BCUT2D eigenvalue weighted by molar-refractivity contribution is 5.76. The predicted octanol–water partition coefficient (Wildman–Crippen LogP) is 1.94. The quantitative estimate of drug-likeness (QED) is 0.780. The summed E-state index contributed by atoms with van der Waals surface area (Å²) < 4.78 is 0. The molecule has 1 rings (SSSR count). The molecule has 0 saturated carbocycles. The van der Waals surface area contributed by atoms with E-state index in [0.29, 0.717) is 13.1 Å². The van der Waals surface area contributed by atoms with E-state index in [-0.39, 0.29) is 25.0 Å². The van der Waals surface area contributed by atoms with Gasteiger partial charge in [0, 0.05) is 25.7 Å². The summed E-state index contributed by atoms with van der Waals surface area (Å²) in [4.78, 5) is 26.4. The van der Waals surface area contributed by atoms with Gasteiger partial charge in [0.25, 0.3) is 0 Å². The first kappa shape index (κ1) is 14.5. The van der Waals surface area contributed by atoms with Crippen LogP contribution in [0.4, 0.5) is 4.79 Å². The van der Waals surface area contributed by atoms with Crippen LogP contribution in [0.2, 0.25) is 0 Å². The molecule has 0 aliphatic carbocycles. The van der Waals surface area contributed by atoms with Crippen molar-refractivity contribution >= 4 is 12.0 Å². The second-order valence-electron chi connectivity index (χ2n) is 4.97. The number of aliphatic carboxylic acids is 1. The van der Waals surface area contributed by atoms with Crippen molar-refractivity contribution in [2.75, 3.05) is 19.6 Å². The predicted molar refractivity (Wildman–Crippen MR) is 69.4 cm³/mol. The normalized spacial score (nSPS) is 15.6. The fraction of sp³-hybridized carbons (Fsp3) is 0.692. The van der Waals surface area contributed by atoms with Crippen molar-refractivity contribution < 1.29 is 14.7 Å². The molecule has 0 unspecified atom stereocenters. The van der Waals surface area contributed by atoms with Crippen molar-refractivity contribution in [3.8, 4) is 0 Å². The number of urea groups is 1. The lowest BCUT2D eigenvalue weighted by atomic mass is 10.1. The lowest BCUT2D eigenvalue weighted by Gasteiger charge is -2.34. The Morgan fingerprint density at radius 1 is 1.50 bits per heavy atom.